The Morgan fingerprint density at radius 1 is 1.00 bits per heavy atom. The van der Waals surface area contributed by atoms with E-state index in [4.69, 9.17) is 27.9 Å². The zero-order valence-electron chi connectivity index (χ0n) is 18.2. The minimum atomic E-state index is -0.211. The molecule has 2 amide bonds. The third-order valence-corrected chi connectivity index (χ3v) is 6.15. The molecule has 0 bridgehead atoms. The van der Waals surface area contributed by atoms with Crippen molar-refractivity contribution in [2.24, 2.45) is 0 Å². The third kappa shape index (κ3) is 7.13. The fraction of sp³-hybridized carbons (Fsp3) is 0.269. The first kappa shape index (κ1) is 23.4. The summed E-state index contributed by atoms with van der Waals surface area (Å²) >= 11 is 12.0. The SMILES string of the molecule is O=C(Nc1cccc(Cl)c1)N[C@H]1CCN(CCC(Oc2ccc(Cl)cc2)c2ccccc2)C1. The highest BCUT2D eigenvalue weighted by Crippen LogP contribution is 2.27. The second-order valence-electron chi connectivity index (χ2n) is 8.15. The fourth-order valence-electron chi connectivity index (χ4n) is 4.01. The predicted molar refractivity (Wildman–Crippen MR) is 134 cm³/mol. The molecule has 2 N–H and O–H groups in total. The molecule has 1 aliphatic heterocycles. The van der Waals surface area contributed by atoms with E-state index in [1.54, 1.807) is 12.1 Å². The average molecular weight is 484 g/mol. The minimum absolute atomic E-state index is 0.0643. The van der Waals surface area contributed by atoms with Gasteiger partial charge in [0.2, 0.25) is 0 Å². The number of urea groups is 1. The molecule has 1 saturated heterocycles. The lowest BCUT2D eigenvalue weighted by molar-refractivity contribution is 0.172. The fourth-order valence-corrected chi connectivity index (χ4v) is 4.33. The zero-order chi connectivity index (χ0) is 23.0. The maximum Gasteiger partial charge on any atom is 0.319 e. The molecule has 3 aromatic carbocycles. The van der Waals surface area contributed by atoms with Gasteiger partial charge >= 0.3 is 6.03 Å². The first-order valence-corrected chi connectivity index (χ1v) is 11.8. The van der Waals surface area contributed by atoms with E-state index in [9.17, 15) is 4.79 Å². The van der Waals surface area contributed by atoms with E-state index in [-0.39, 0.29) is 18.2 Å². The number of ether oxygens (including phenoxy) is 1. The van der Waals surface area contributed by atoms with Crippen LogP contribution in [0.2, 0.25) is 10.0 Å². The molecule has 33 heavy (non-hydrogen) atoms. The maximum absolute atomic E-state index is 12.4. The lowest BCUT2D eigenvalue weighted by Crippen LogP contribution is -2.39. The van der Waals surface area contributed by atoms with Gasteiger partial charge < -0.3 is 20.3 Å². The van der Waals surface area contributed by atoms with Crippen LogP contribution < -0.4 is 15.4 Å². The van der Waals surface area contributed by atoms with Crippen molar-refractivity contribution in [3.8, 4) is 5.75 Å². The van der Waals surface area contributed by atoms with Crippen LogP contribution in [-0.2, 0) is 0 Å². The van der Waals surface area contributed by atoms with Crippen molar-refractivity contribution in [3.05, 3.63) is 94.5 Å². The van der Waals surface area contributed by atoms with Gasteiger partial charge in [0, 0.05) is 47.8 Å². The molecule has 5 nitrogen and oxygen atoms in total. The molecule has 7 heteroatoms. The Morgan fingerprint density at radius 2 is 1.79 bits per heavy atom. The van der Waals surface area contributed by atoms with Crippen LogP contribution in [0.25, 0.3) is 0 Å². The van der Waals surface area contributed by atoms with Crippen LogP contribution in [0.5, 0.6) is 5.75 Å². The molecule has 0 aromatic heterocycles. The van der Waals surface area contributed by atoms with Gasteiger partial charge in [-0.3, -0.25) is 0 Å². The summed E-state index contributed by atoms with van der Waals surface area (Å²) in [7, 11) is 0. The quantitative estimate of drug-likeness (QED) is 0.389. The van der Waals surface area contributed by atoms with Crippen LogP contribution in [0.15, 0.2) is 78.9 Å². The van der Waals surface area contributed by atoms with E-state index < -0.39 is 0 Å². The summed E-state index contributed by atoms with van der Waals surface area (Å²) in [6.45, 7) is 2.62. The largest absolute Gasteiger partial charge is 0.486 e. The van der Waals surface area contributed by atoms with E-state index >= 15 is 0 Å². The molecule has 1 heterocycles. The third-order valence-electron chi connectivity index (χ3n) is 5.66. The summed E-state index contributed by atoms with van der Waals surface area (Å²) in [6, 6.07) is 24.7. The van der Waals surface area contributed by atoms with Gasteiger partial charge in [-0.25, -0.2) is 4.79 Å². The monoisotopic (exact) mass is 483 g/mol. The van der Waals surface area contributed by atoms with E-state index in [0.29, 0.717) is 15.7 Å². The van der Waals surface area contributed by atoms with Crippen molar-refractivity contribution in [1.29, 1.82) is 0 Å². The van der Waals surface area contributed by atoms with Crippen LogP contribution in [0.4, 0.5) is 10.5 Å². The van der Waals surface area contributed by atoms with E-state index in [1.165, 1.54) is 0 Å². The van der Waals surface area contributed by atoms with Gasteiger partial charge in [0.1, 0.15) is 11.9 Å². The smallest absolute Gasteiger partial charge is 0.319 e. The number of anilines is 1. The highest BCUT2D eigenvalue weighted by Gasteiger charge is 2.25. The summed E-state index contributed by atoms with van der Waals surface area (Å²) in [4.78, 5) is 14.7. The lowest BCUT2D eigenvalue weighted by Gasteiger charge is -2.23. The number of nitrogens with one attached hydrogen (secondary N) is 2. The summed E-state index contributed by atoms with van der Waals surface area (Å²) in [5.41, 5.74) is 1.82. The Morgan fingerprint density at radius 3 is 2.55 bits per heavy atom. The van der Waals surface area contributed by atoms with Gasteiger partial charge in [0.25, 0.3) is 0 Å². The number of halogens is 2. The van der Waals surface area contributed by atoms with Crippen LogP contribution in [-0.4, -0.2) is 36.6 Å². The molecule has 0 radical (unpaired) electrons. The lowest BCUT2D eigenvalue weighted by atomic mass is 10.1. The predicted octanol–water partition coefficient (Wildman–Crippen LogP) is 6.40. The van der Waals surface area contributed by atoms with Crippen molar-refractivity contribution in [2.75, 3.05) is 25.0 Å². The van der Waals surface area contributed by atoms with E-state index in [2.05, 4.69) is 27.7 Å². The molecule has 1 fully saturated rings. The zero-order valence-corrected chi connectivity index (χ0v) is 19.7. The summed E-state index contributed by atoms with van der Waals surface area (Å²) < 4.78 is 6.31. The summed E-state index contributed by atoms with van der Waals surface area (Å²) in [5.74, 6) is 0.798. The van der Waals surface area contributed by atoms with Crippen LogP contribution in [0.1, 0.15) is 24.5 Å². The second kappa shape index (κ2) is 11.4. The molecule has 1 aliphatic rings. The number of nitrogens with zero attached hydrogens (tertiary/aromatic N) is 1. The standard InChI is InChI=1S/C26H27Cl2N3O2/c27-20-9-11-24(12-10-20)33-25(19-5-2-1-3-6-19)14-16-31-15-13-23(18-31)30-26(32)29-22-8-4-7-21(28)17-22/h1-12,17,23,25H,13-16,18H2,(H2,29,30,32)/t23-,25?/m0/s1. The number of amides is 2. The molecule has 3 aromatic rings. The Balaban J connectivity index is 1.29. The van der Waals surface area contributed by atoms with Gasteiger partial charge in [-0.2, -0.15) is 0 Å². The second-order valence-corrected chi connectivity index (χ2v) is 9.03. The number of carbonyl (C=O) groups is 1. The number of hydrogen-bond acceptors (Lipinski definition) is 3. The molecule has 0 saturated carbocycles. The molecule has 172 valence electrons. The Bertz CT molecular complexity index is 1050. The number of carbonyl (C=O) groups excluding carboxylic acids is 1. The number of hydrogen-bond donors (Lipinski definition) is 2. The van der Waals surface area contributed by atoms with Crippen LogP contribution >= 0.6 is 23.2 Å². The molecule has 1 unspecified atom stereocenters. The first-order valence-electron chi connectivity index (χ1n) is 11.1. The normalized spacial score (nSPS) is 16.8. The molecular formula is C26H27Cl2N3O2. The highest BCUT2D eigenvalue weighted by atomic mass is 35.5. The Kier molecular flexibility index (Phi) is 8.10. The van der Waals surface area contributed by atoms with Crippen LogP contribution in [0, 0.1) is 0 Å². The first-order chi connectivity index (χ1) is 16.0. The van der Waals surface area contributed by atoms with E-state index in [1.807, 2.05) is 54.6 Å². The average Bonchev–Trinajstić information content (AvgIpc) is 3.25. The van der Waals surface area contributed by atoms with Gasteiger partial charge in [-0.05, 0) is 54.4 Å². The molecule has 2 atom stereocenters. The van der Waals surface area contributed by atoms with E-state index in [0.717, 1.165) is 43.8 Å². The van der Waals surface area contributed by atoms with Crippen molar-refractivity contribution >= 4 is 34.9 Å². The Labute approximate surface area is 204 Å². The van der Waals surface area contributed by atoms with Gasteiger partial charge in [0.15, 0.2) is 0 Å². The molecule has 0 spiro atoms. The highest BCUT2D eigenvalue weighted by molar-refractivity contribution is 6.31. The number of rotatable bonds is 8. The Hall–Kier alpha value is -2.73. The van der Waals surface area contributed by atoms with Gasteiger partial charge in [-0.15, -0.1) is 0 Å². The number of benzene rings is 3. The van der Waals surface area contributed by atoms with Crippen molar-refractivity contribution < 1.29 is 9.53 Å². The van der Waals surface area contributed by atoms with Crippen molar-refractivity contribution in [3.63, 3.8) is 0 Å². The molecule has 0 aliphatic carbocycles. The molecule has 4 rings (SSSR count). The number of likely N-dealkylation sites (tertiary alicyclic amines) is 1. The van der Waals surface area contributed by atoms with Gasteiger partial charge in [-0.1, -0.05) is 59.6 Å². The maximum atomic E-state index is 12.4. The van der Waals surface area contributed by atoms with Gasteiger partial charge in [0.05, 0.1) is 0 Å². The molecular weight excluding hydrogens is 457 g/mol. The van der Waals surface area contributed by atoms with Crippen molar-refractivity contribution in [2.45, 2.75) is 25.0 Å². The van der Waals surface area contributed by atoms with Crippen molar-refractivity contribution in [1.82, 2.24) is 10.2 Å². The minimum Gasteiger partial charge on any atom is -0.486 e. The van der Waals surface area contributed by atoms with Crippen LogP contribution in [0.3, 0.4) is 0 Å². The summed E-state index contributed by atoms with van der Waals surface area (Å²) in [6.07, 6.45) is 1.69. The topological polar surface area (TPSA) is 53.6 Å². The summed E-state index contributed by atoms with van der Waals surface area (Å²) in [5, 5.41) is 7.19.